The molecule has 20 heavy (non-hydrogen) atoms. The summed E-state index contributed by atoms with van der Waals surface area (Å²) in [7, 11) is -3.72. The molecule has 0 spiro atoms. The van der Waals surface area contributed by atoms with E-state index >= 15 is 0 Å². The summed E-state index contributed by atoms with van der Waals surface area (Å²) in [6.45, 7) is 0. The number of sulfonamides is 1. The average Bonchev–Trinajstić information content (AvgIpc) is 2.90. The van der Waals surface area contributed by atoms with Crippen LogP contribution >= 0.6 is 0 Å². The van der Waals surface area contributed by atoms with Crippen LogP contribution in [0.3, 0.4) is 0 Å². The van der Waals surface area contributed by atoms with E-state index in [1.54, 1.807) is 42.7 Å². The molecule has 7 nitrogen and oxygen atoms in total. The minimum Gasteiger partial charge on any atom is -0.481 e. The number of carboxylic acid groups (broad SMARTS) is 1. The van der Waals surface area contributed by atoms with Gasteiger partial charge in [-0.15, -0.1) is 0 Å². The maximum absolute atomic E-state index is 11.8. The van der Waals surface area contributed by atoms with E-state index in [0.717, 1.165) is 0 Å². The summed E-state index contributed by atoms with van der Waals surface area (Å²) in [5.41, 5.74) is 0.915. The molecule has 2 aromatic rings. The maximum atomic E-state index is 11.8. The van der Waals surface area contributed by atoms with Crippen molar-refractivity contribution in [3.63, 3.8) is 0 Å². The van der Waals surface area contributed by atoms with Crippen molar-refractivity contribution in [2.75, 3.05) is 10.5 Å². The summed E-state index contributed by atoms with van der Waals surface area (Å²) in [5.74, 6) is -1.63. The lowest BCUT2D eigenvalue weighted by Crippen LogP contribution is -2.20. The fourth-order valence-electron chi connectivity index (χ4n) is 1.61. The number of aliphatic carboxylic acids is 1. The molecular weight excluding hydrogens is 282 g/mol. The van der Waals surface area contributed by atoms with E-state index < -0.39 is 28.2 Å². The molecule has 0 radical (unpaired) electrons. The van der Waals surface area contributed by atoms with Gasteiger partial charge in [0.2, 0.25) is 10.0 Å². The van der Waals surface area contributed by atoms with Crippen molar-refractivity contribution < 1.29 is 18.3 Å². The van der Waals surface area contributed by atoms with Crippen LogP contribution in [0.2, 0.25) is 0 Å². The van der Waals surface area contributed by atoms with Crippen LogP contribution < -0.4 is 4.72 Å². The van der Waals surface area contributed by atoms with Crippen molar-refractivity contribution in [1.29, 1.82) is 0 Å². The number of aromatic nitrogens is 2. The molecule has 0 atom stereocenters. The Labute approximate surface area is 115 Å². The Morgan fingerprint density at radius 3 is 2.70 bits per heavy atom. The first-order valence-electron chi connectivity index (χ1n) is 5.79. The zero-order chi connectivity index (χ0) is 14.6. The van der Waals surface area contributed by atoms with Gasteiger partial charge in [-0.05, 0) is 18.2 Å². The normalized spacial score (nSPS) is 11.2. The van der Waals surface area contributed by atoms with Gasteiger partial charge in [-0.2, -0.15) is 5.10 Å². The molecule has 8 heteroatoms. The number of anilines is 1. The molecular formula is C12H13N3O4S. The predicted molar refractivity (Wildman–Crippen MR) is 73.2 cm³/mol. The van der Waals surface area contributed by atoms with Gasteiger partial charge < -0.3 is 5.11 Å². The number of carboxylic acids is 1. The van der Waals surface area contributed by atoms with Crippen LogP contribution in [-0.4, -0.2) is 35.0 Å². The van der Waals surface area contributed by atoms with Gasteiger partial charge >= 0.3 is 5.97 Å². The van der Waals surface area contributed by atoms with Crippen molar-refractivity contribution in [1.82, 2.24) is 9.78 Å². The lowest BCUT2D eigenvalue weighted by molar-refractivity contribution is -0.136. The smallest absolute Gasteiger partial charge is 0.304 e. The summed E-state index contributed by atoms with van der Waals surface area (Å²) in [5, 5.41) is 12.6. The Hall–Kier alpha value is -2.35. The second kappa shape index (κ2) is 5.74. The Balaban J connectivity index is 2.24. The van der Waals surface area contributed by atoms with Crippen LogP contribution in [0.15, 0.2) is 42.7 Å². The molecule has 0 unspecified atom stereocenters. The van der Waals surface area contributed by atoms with Gasteiger partial charge in [-0.3, -0.25) is 9.52 Å². The standard InChI is InChI=1S/C12H13N3O4S/c16-12(17)6-9-20(18,19)14-10-4-1-2-5-11(10)15-8-3-7-13-15/h1-5,7-8,14H,6,9H2,(H,16,17). The Bertz CT molecular complexity index is 695. The van der Waals surface area contributed by atoms with E-state index in [9.17, 15) is 13.2 Å². The highest BCUT2D eigenvalue weighted by molar-refractivity contribution is 7.92. The molecule has 106 valence electrons. The van der Waals surface area contributed by atoms with Crippen molar-refractivity contribution in [2.45, 2.75) is 6.42 Å². The first-order valence-corrected chi connectivity index (χ1v) is 7.44. The lowest BCUT2D eigenvalue weighted by atomic mass is 10.3. The predicted octanol–water partition coefficient (Wildman–Crippen LogP) is 1.09. The van der Waals surface area contributed by atoms with Crippen LogP contribution in [0.4, 0.5) is 5.69 Å². The molecule has 2 N–H and O–H groups in total. The first-order chi connectivity index (χ1) is 9.48. The summed E-state index contributed by atoms with van der Waals surface area (Å²) in [6, 6.07) is 8.46. The number of hydrogen-bond acceptors (Lipinski definition) is 4. The van der Waals surface area contributed by atoms with Gasteiger partial charge in [-0.1, -0.05) is 12.1 Å². The number of nitrogens with one attached hydrogen (secondary N) is 1. The fraction of sp³-hybridized carbons (Fsp3) is 0.167. The molecule has 0 amide bonds. The number of para-hydroxylation sites is 2. The topological polar surface area (TPSA) is 101 Å². The SMILES string of the molecule is O=C(O)CCS(=O)(=O)Nc1ccccc1-n1cccn1. The van der Waals surface area contributed by atoms with E-state index in [1.165, 1.54) is 4.68 Å². The highest BCUT2D eigenvalue weighted by atomic mass is 32.2. The van der Waals surface area contributed by atoms with Crippen molar-refractivity contribution in [2.24, 2.45) is 0 Å². The summed E-state index contributed by atoms with van der Waals surface area (Å²) in [6.07, 6.45) is 2.82. The average molecular weight is 295 g/mol. The number of rotatable bonds is 6. The van der Waals surface area contributed by atoms with Gasteiger partial charge in [0.15, 0.2) is 0 Å². The fourth-order valence-corrected chi connectivity index (χ4v) is 2.66. The zero-order valence-electron chi connectivity index (χ0n) is 10.4. The van der Waals surface area contributed by atoms with Crippen molar-refractivity contribution in [3.05, 3.63) is 42.7 Å². The van der Waals surface area contributed by atoms with Gasteiger partial charge in [0, 0.05) is 12.4 Å². The number of nitrogens with zero attached hydrogens (tertiary/aromatic N) is 2. The number of benzene rings is 1. The summed E-state index contributed by atoms with van der Waals surface area (Å²) < 4.78 is 27.5. The molecule has 1 aromatic carbocycles. The number of carbonyl (C=O) groups is 1. The van der Waals surface area contributed by atoms with E-state index in [2.05, 4.69) is 9.82 Å². The minimum atomic E-state index is -3.72. The van der Waals surface area contributed by atoms with Gasteiger partial charge in [0.05, 0.1) is 23.5 Å². The summed E-state index contributed by atoms with van der Waals surface area (Å²) in [4.78, 5) is 10.4. The Kier molecular flexibility index (Phi) is 4.04. The molecule has 1 aromatic heterocycles. The van der Waals surface area contributed by atoms with E-state index in [4.69, 9.17) is 5.11 Å². The third-order valence-corrected chi connectivity index (χ3v) is 3.78. The number of hydrogen-bond donors (Lipinski definition) is 2. The molecule has 0 saturated heterocycles. The Morgan fingerprint density at radius 1 is 1.30 bits per heavy atom. The zero-order valence-corrected chi connectivity index (χ0v) is 11.2. The third kappa shape index (κ3) is 3.58. The molecule has 0 bridgehead atoms. The van der Waals surface area contributed by atoms with E-state index in [0.29, 0.717) is 11.4 Å². The maximum Gasteiger partial charge on any atom is 0.304 e. The summed E-state index contributed by atoms with van der Waals surface area (Å²) >= 11 is 0. The van der Waals surface area contributed by atoms with Crippen molar-refractivity contribution >= 4 is 21.7 Å². The monoisotopic (exact) mass is 295 g/mol. The first kappa shape index (κ1) is 14.1. The van der Waals surface area contributed by atoms with Crippen LogP contribution in [0.1, 0.15) is 6.42 Å². The molecule has 0 aliphatic rings. The van der Waals surface area contributed by atoms with Gasteiger partial charge in [0.25, 0.3) is 0 Å². The van der Waals surface area contributed by atoms with Crippen LogP contribution in [0, 0.1) is 0 Å². The Morgan fingerprint density at radius 2 is 2.05 bits per heavy atom. The molecule has 0 saturated carbocycles. The molecule has 0 aliphatic heterocycles. The molecule has 0 aliphatic carbocycles. The second-order valence-electron chi connectivity index (χ2n) is 4.03. The lowest BCUT2D eigenvalue weighted by Gasteiger charge is -2.11. The van der Waals surface area contributed by atoms with Crippen LogP contribution in [-0.2, 0) is 14.8 Å². The molecule has 2 rings (SSSR count). The van der Waals surface area contributed by atoms with E-state index in [1.807, 2.05) is 0 Å². The largest absolute Gasteiger partial charge is 0.481 e. The van der Waals surface area contributed by atoms with Crippen LogP contribution in [0.5, 0.6) is 0 Å². The third-order valence-electron chi connectivity index (χ3n) is 2.51. The molecule has 1 heterocycles. The van der Waals surface area contributed by atoms with E-state index in [-0.39, 0.29) is 0 Å². The highest BCUT2D eigenvalue weighted by Crippen LogP contribution is 2.20. The van der Waals surface area contributed by atoms with Gasteiger partial charge in [0.1, 0.15) is 0 Å². The quantitative estimate of drug-likeness (QED) is 0.830. The highest BCUT2D eigenvalue weighted by Gasteiger charge is 2.15. The minimum absolute atomic E-state index is 0.349. The van der Waals surface area contributed by atoms with Crippen LogP contribution in [0.25, 0.3) is 5.69 Å². The van der Waals surface area contributed by atoms with Crippen molar-refractivity contribution in [3.8, 4) is 5.69 Å². The second-order valence-corrected chi connectivity index (χ2v) is 5.87. The van der Waals surface area contributed by atoms with Gasteiger partial charge in [-0.25, -0.2) is 13.1 Å². The molecule has 0 fully saturated rings.